The molecule has 0 radical (unpaired) electrons. The normalized spacial score (nSPS) is 12.9. The first-order chi connectivity index (χ1) is 8.58. The van der Waals surface area contributed by atoms with Crippen LogP contribution in [0, 0.1) is 11.8 Å². The molecular formula is C17H20O. The molecule has 18 heavy (non-hydrogen) atoms. The van der Waals surface area contributed by atoms with Crippen LogP contribution < -0.4 is 0 Å². The predicted octanol–water partition coefficient (Wildman–Crippen LogP) is 4.24. The molecule has 0 amide bonds. The third-order valence-corrected chi connectivity index (χ3v) is 3.70. The number of carbonyl (C=O) groups is 1. The first kappa shape index (κ1) is 12.8. The largest absolute Gasteiger partial charge is 0.299 e. The maximum Gasteiger partial charge on any atom is 0.140 e. The van der Waals surface area contributed by atoms with E-state index >= 15 is 0 Å². The molecule has 0 aromatic heterocycles. The molecule has 94 valence electrons. The average molecular weight is 240 g/mol. The molecule has 2 rings (SSSR count). The first-order valence-electron chi connectivity index (χ1n) is 6.58. The molecule has 0 aliphatic rings. The number of ketones is 1. The number of hydrogen-bond acceptors (Lipinski definition) is 1. The molecule has 2 aromatic carbocycles. The SMILES string of the molecule is CC(C)C(C)C(=O)Cc1ccc2ccccc2c1. The van der Waals surface area contributed by atoms with Gasteiger partial charge in [-0.25, -0.2) is 0 Å². The second kappa shape index (κ2) is 5.34. The van der Waals surface area contributed by atoms with Crippen LogP contribution in [0.25, 0.3) is 10.8 Å². The van der Waals surface area contributed by atoms with E-state index in [-0.39, 0.29) is 5.92 Å². The molecule has 1 unspecified atom stereocenters. The van der Waals surface area contributed by atoms with E-state index in [1.54, 1.807) is 0 Å². The van der Waals surface area contributed by atoms with Crippen LogP contribution in [0.2, 0.25) is 0 Å². The summed E-state index contributed by atoms with van der Waals surface area (Å²) in [5, 5.41) is 2.44. The lowest BCUT2D eigenvalue weighted by Crippen LogP contribution is -2.18. The maximum absolute atomic E-state index is 12.1. The Morgan fingerprint density at radius 2 is 1.67 bits per heavy atom. The van der Waals surface area contributed by atoms with Gasteiger partial charge in [0.2, 0.25) is 0 Å². The van der Waals surface area contributed by atoms with E-state index in [1.807, 2.05) is 19.1 Å². The number of rotatable bonds is 4. The van der Waals surface area contributed by atoms with Crippen LogP contribution in [0.4, 0.5) is 0 Å². The fourth-order valence-corrected chi connectivity index (χ4v) is 2.08. The molecule has 0 heterocycles. The van der Waals surface area contributed by atoms with Gasteiger partial charge in [0.05, 0.1) is 0 Å². The van der Waals surface area contributed by atoms with E-state index in [1.165, 1.54) is 10.8 Å². The van der Waals surface area contributed by atoms with E-state index in [0.717, 1.165) is 5.56 Å². The van der Waals surface area contributed by atoms with Crippen LogP contribution in [0.3, 0.4) is 0 Å². The second-order valence-electron chi connectivity index (χ2n) is 5.36. The Kier molecular flexibility index (Phi) is 3.81. The summed E-state index contributed by atoms with van der Waals surface area (Å²) < 4.78 is 0. The van der Waals surface area contributed by atoms with Gasteiger partial charge >= 0.3 is 0 Å². The van der Waals surface area contributed by atoms with Gasteiger partial charge in [-0.15, -0.1) is 0 Å². The molecule has 0 aliphatic carbocycles. The Hall–Kier alpha value is -1.63. The van der Waals surface area contributed by atoms with Crippen LogP contribution in [-0.4, -0.2) is 5.78 Å². The first-order valence-corrected chi connectivity index (χ1v) is 6.58. The summed E-state index contributed by atoms with van der Waals surface area (Å²) >= 11 is 0. The molecule has 2 aromatic rings. The summed E-state index contributed by atoms with van der Waals surface area (Å²) in [6.07, 6.45) is 0.546. The van der Waals surface area contributed by atoms with E-state index in [0.29, 0.717) is 18.1 Å². The van der Waals surface area contributed by atoms with Crippen LogP contribution in [0.1, 0.15) is 26.3 Å². The van der Waals surface area contributed by atoms with Crippen molar-refractivity contribution >= 4 is 16.6 Å². The minimum absolute atomic E-state index is 0.136. The number of fused-ring (bicyclic) bond motifs is 1. The van der Waals surface area contributed by atoms with Gasteiger partial charge in [0.1, 0.15) is 5.78 Å². The van der Waals surface area contributed by atoms with Gasteiger partial charge in [0.25, 0.3) is 0 Å². The summed E-state index contributed by atoms with van der Waals surface area (Å²) in [7, 11) is 0. The van der Waals surface area contributed by atoms with Gasteiger partial charge in [-0.1, -0.05) is 63.2 Å². The molecule has 0 N–H and O–H groups in total. The van der Waals surface area contributed by atoms with Crippen molar-refractivity contribution in [1.82, 2.24) is 0 Å². The fraction of sp³-hybridized carbons (Fsp3) is 0.353. The lowest BCUT2D eigenvalue weighted by atomic mass is 9.90. The standard InChI is InChI=1S/C17H20O/c1-12(2)13(3)17(18)11-14-8-9-15-6-4-5-7-16(15)10-14/h4-10,12-13H,11H2,1-3H3. The highest BCUT2D eigenvalue weighted by Crippen LogP contribution is 2.18. The highest BCUT2D eigenvalue weighted by Gasteiger charge is 2.16. The zero-order valence-electron chi connectivity index (χ0n) is 11.3. The molecular weight excluding hydrogens is 220 g/mol. The molecule has 0 bridgehead atoms. The summed E-state index contributed by atoms with van der Waals surface area (Å²) in [6, 6.07) is 14.5. The van der Waals surface area contributed by atoms with Crippen molar-refractivity contribution in [3.05, 3.63) is 48.0 Å². The minimum atomic E-state index is 0.136. The van der Waals surface area contributed by atoms with Crippen molar-refractivity contribution in [2.75, 3.05) is 0 Å². The second-order valence-corrected chi connectivity index (χ2v) is 5.36. The molecule has 0 saturated carbocycles. The molecule has 1 heteroatoms. The Morgan fingerprint density at radius 1 is 1.00 bits per heavy atom. The summed E-state index contributed by atoms with van der Waals surface area (Å²) in [5.74, 6) is 0.884. The van der Waals surface area contributed by atoms with Gasteiger partial charge in [-0.2, -0.15) is 0 Å². The Bertz CT molecular complexity index is 554. The molecule has 0 aliphatic heterocycles. The average Bonchev–Trinajstić information content (AvgIpc) is 2.37. The third-order valence-electron chi connectivity index (χ3n) is 3.70. The zero-order valence-corrected chi connectivity index (χ0v) is 11.3. The lowest BCUT2D eigenvalue weighted by Gasteiger charge is -2.14. The van der Waals surface area contributed by atoms with Crippen LogP contribution in [0.15, 0.2) is 42.5 Å². The van der Waals surface area contributed by atoms with Crippen molar-refractivity contribution in [3.63, 3.8) is 0 Å². The minimum Gasteiger partial charge on any atom is -0.299 e. The summed E-state index contributed by atoms with van der Waals surface area (Å²) in [5.41, 5.74) is 1.12. The lowest BCUT2D eigenvalue weighted by molar-refractivity contribution is -0.122. The molecule has 0 saturated heterocycles. The Morgan fingerprint density at radius 3 is 2.33 bits per heavy atom. The smallest absolute Gasteiger partial charge is 0.140 e. The zero-order chi connectivity index (χ0) is 13.1. The number of carbonyl (C=O) groups excluding carboxylic acids is 1. The summed E-state index contributed by atoms with van der Waals surface area (Å²) in [4.78, 5) is 12.1. The number of hydrogen-bond donors (Lipinski definition) is 0. The van der Waals surface area contributed by atoms with Crippen molar-refractivity contribution < 1.29 is 4.79 Å². The van der Waals surface area contributed by atoms with Gasteiger partial charge in [-0.05, 0) is 22.3 Å². The summed E-state index contributed by atoms with van der Waals surface area (Å²) in [6.45, 7) is 6.22. The van der Waals surface area contributed by atoms with Crippen LogP contribution in [0.5, 0.6) is 0 Å². The van der Waals surface area contributed by atoms with Gasteiger partial charge < -0.3 is 0 Å². The van der Waals surface area contributed by atoms with E-state index in [4.69, 9.17) is 0 Å². The monoisotopic (exact) mass is 240 g/mol. The quantitative estimate of drug-likeness (QED) is 0.781. The van der Waals surface area contributed by atoms with Crippen molar-refractivity contribution in [3.8, 4) is 0 Å². The number of Topliss-reactive ketones (excluding diaryl/α,β-unsaturated/α-hetero) is 1. The van der Waals surface area contributed by atoms with Gasteiger partial charge in [0.15, 0.2) is 0 Å². The number of benzene rings is 2. The molecule has 0 fully saturated rings. The highest BCUT2D eigenvalue weighted by molar-refractivity contribution is 5.87. The third kappa shape index (κ3) is 2.79. The van der Waals surface area contributed by atoms with E-state index < -0.39 is 0 Å². The predicted molar refractivity (Wildman–Crippen MR) is 76.7 cm³/mol. The Balaban J connectivity index is 2.19. The molecule has 1 atom stereocenters. The topological polar surface area (TPSA) is 17.1 Å². The van der Waals surface area contributed by atoms with Gasteiger partial charge in [-0.3, -0.25) is 4.79 Å². The van der Waals surface area contributed by atoms with Crippen molar-refractivity contribution in [2.45, 2.75) is 27.2 Å². The van der Waals surface area contributed by atoms with Crippen molar-refractivity contribution in [2.24, 2.45) is 11.8 Å². The maximum atomic E-state index is 12.1. The van der Waals surface area contributed by atoms with Crippen molar-refractivity contribution in [1.29, 1.82) is 0 Å². The van der Waals surface area contributed by atoms with Gasteiger partial charge in [0, 0.05) is 12.3 Å². The van der Waals surface area contributed by atoms with E-state index in [2.05, 4.69) is 44.2 Å². The fourth-order valence-electron chi connectivity index (χ4n) is 2.08. The van der Waals surface area contributed by atoms with Crippen LogP contribution in [-0.2, 0) is 11.2 Å². The Labute approximate surface area is 109 Å². The highest BCUT2D eigenvalue weighted by atomic mass is 16.1. The van der Waals surface area contributed by atoms with Crippen LogP contribution >= 0.6 is 0 Å². The molecule has 1 nitrogen and oxygen atoms in total. The molecule has 0 spiro atoms. The van der Waals surface area contributed by atoms with E-state index in [9.17, 15) is 4.79 Å².